The second-order valence-electron chi connectivity index (χ2n) is 8.17. The van der Waals surface area contributed by atoms with Crippen LogP contribution in [0.1, 0.15) is 24.3 Å². The van der Waals surface area contributed by atoms with Gasteiger partial charge in [0, 0.05) is 46.9 Å². The zero-order valence-electron chi connectivity index (χ0n) is 18.3. The molecule has 0 radical (unpaired) electrons. The van der Waals surface area contributed by atoms with E-state index in [-0.39, 0.29) is 11.7 Å². The molecule has 3 aromatic rings. The van der Waals surface area contributed by atoms with E-state index in [1.54, 1.807) is 29.5 Å². The molecule has 1 aliphatic heterocycles. The zero-order chi connectivity index (χ0) is 22.8. The number of hydrogen-bond donors (Lipinski definition) is 2. The van der Waals surface area contributed by atoms with Crippen LogP contribution in [0.15, 0.2) is 36.7 Å². The summed E-state index contributed by atoms with van der Waals surface area (Å²) in [6, 6.07) is 5.25. The minimum atomic E-state index is 0.0316. The number of halogens is 1. The van der Waals surface area contributed by atoms with Crippen LogP contribution < -0.4 is 5.32 Å². The molecule has 1 aliphatic rings. The Morgan fingerprint density at radius 3 is 2.94 bits per heavy atom. The Balaban J connectivity index is 1.54. The molecule has 168 valence electrons. The van der Waals surface area contributed by atoms with Crippen LogP contribution in [0.25, 0.3) is 10.2 Å². The number of carbonyl (C=O) groups is 1. The number of aromatic nitrogens is 2. The Kier molecular flexibility index (Phi) is 6.64. The van der Waals surface area contributed by atoms with Crippen molar-refractivity contribution in [3.63, 3.8) is 0 Å². The van der Waals surface area contributed by atoms with Crippen molar-refractivity contribution >= 4 is 50.6 Å². The first-order chi connectivity index (χ1) is 15.3. The van der Waals surface area contributed by atoms with Crippen molar-refractivity contribution < 1.29 is 9.90 Å². The van der Waals surface area contributed by atoms with E-state index in [4.69, 9.17) is 11.6 Å². The molecule has 7 nitrogen and oxygen atoms in total. The number of phenols is 1. The summed E-state index contributed by atoms with van der Waals surface area (Å²) in [4.78, 5) is 27.6. The van der Waals surface area contributed by atoms with Gasteiger partial charge in [-0.3, -0.25) is 4.79 Å². The lowest BCUT2D eigenvalue weighted by Crippen LogP contribution is -2.34. The van der Waals surface area contributed by atoms with Crippen molar-refractivity contribution in [2.24, 2.45) is 0 Å². The summed E-state index contributed by atoms with van der Waals surface area (Å²) < 4.78 is 0. The fourth-order valence-electron chi connectivity index (χ4n) is 3.63. The quantitative estimate of drug-likeness (QED) is 0.512. The first kappa shape index (κ1) is 22.5. The molecule has 0 bridgehead atoms. The van der Waals surface area contributed by atoms with Crippen LogP contribution in [-0.2, 0) is 17.8 Å². The number of nitrogens with one attached hydrogen (secondary N) is 1. The number of carbonyl (C=O) groups excluding carboxylic acids is 1. The molecule has 1 aromatic carbocycles. The SMILES string of the molecule is CC(C)N(C)CC=CC(=O)N1CCc2c(sc3ncnc(Nc4cc(O)cc(Cl)c4)c23)C1. The minimum absolute atomic E-state index is 0.0316. The first-order valence-electron chi connectivity index (χ1n) is 10.5. The monoisotopic (exact) mass is 471 g/mol. The average Bonchev–Trinajstić information content (AvgIpc) is 3.11. The van der Waals surface area contributed by atoms with Crippen LogP contribution in [-0.4, -0.2) is 57.0 Å². The molecule has 0 unspecified atom stereocenters. The number of benzene rings is 1. The predicted octanol–water partition coefficient (Wildman–Crippen LogP) is 4.58. The van der Waals surface area contributed by atoms with Crippen molar-refractivity contribution in [1.29, 1.82) is 0 Å². The largest absolute Gasteiger partial charge is 0.508 e. The molecule has 0 spiro atoms. The summed E-state index contributed by atoms with van der Waals surface area (Å²) in [5.74, 6) is 0.786. The molecule has 0 fully saturated rings. The third-order valence-electron chi connectivity index (χ3n) is 5.63. The van der Waals surface area contributed by atoms with Crippen LogP contribution in [0.2, 0.25) is 5.02 Å². The van der Waals surface area contributed by atoms with Crippen LogP contribution >= 0.6 is 22.9 Å². The lowest BCUT2D eigenvalue weighted by Gasteiger charge is -2.26. The van der Waals surface area contributed by atoms with Gasteiger partial charge >= 0.3 is 0 Å². The number of phenolic OH excluding ortho intramolecular Hbond substituents is 1. The molecule has 0 saturated heterocycles. The van der Waals surface area contributed by atoms with Gasteiger partial charge in [-0.05, 0) is 45.0 Å². The normalized spacial score (nSPS) is 14.0. The molecule has 1 amide bonds. The first-order valence-corrected chi connectivity index (χ1v) is 11.7. The van der Waals surface area contributed by atoms with E-state index in [9.17, 15) is 9.90 Å². The van der Waals surface area contributed by atoms with Gasteiger partial charge in [0.1, 0.15) is 22.7 Å². The number of fused-ring (bicyclic) bond motifs is 3. The Hall–Kier alpha value is -2.68. The molecule has 2 N–H and O–H groups in total. The second-order valence-corrected chi connectivity index (χ2v) is 9.69. The fraction of sp³-hybridized carbons (Fsp3) is 0.348. The minimum Gasteiger partial charge on any atom is -0.508 e. The van der Waals surface area contributed by atoms with Crippen LogP contribution in [0.5, 0.6) is 5.75 Å². The third kappa shape index (κ3) is 4.87. The van der Waals surface area contributed by atoms with Crippen molar-refractivity contribution in [3.8, 4) is 5.75 Å². The van der Waals surface area contributed by atoms with E-state index in [0.29, 0.717) is 35.7 Å². The van der Waals surface area contributed by atoms with Crippen molar-refractivity contribution in [2.45, 2.75) is 32.9 Å². The molecule has 3 heterocycles. The predicted molar refractivity (Wildman–Crippen MR) is 130 cm³/mol. The molecular formula is C23H26ClN5O2S. The van der Waals surface area contributed by atoms with Gasteiger partial charge < -0.3 is 20.2 Å². The van der Waals surface area contributed by atoms with Gasteiger partial charge in [-0.15, -0.1) is 11.3 Å². The van der Waals surface area contributed by atoms with E-state index in [2.05, 4.69) is 34.0 Å². The number of thiophene rings is 1. The summed E-state index contributed by atoms with van der Waals surface area (Å²) >= 11 is 7.66. The maximum Gasteiger partial charge on any atom is 0.246 e. The maximum atomic E-state index is 12.7. The molecule has 32 heavy (non-hydrogen) atoms. The van der Waals surface area contributed by atoms with E-state index < -0.39 is 0 Å². The number of aromatic hydroxyl groups is 1. The third-order valence-corrected chi connectivity index (χ3v) is 6.97. The van der Waals surface area contributed by atoms with E-state index in [0.717, 1.165) is 28.1 Å². The summed E-state index contributed by atoms with van der Waals surface area (Å²) in [7, 11) is 2.04. The fourth-order valence-corrected chi connectivity index (χ4v) is 5.06. The van der Waals surface area contributed by atoms with Gasteiger partial charge in [-0.2, -0.15) is 0 Å². The van der Waals surface area contributed by atoms with Crippen LogP contribution in [0, 0.1) is 0 Å². The standard InChI is InChI=1S/C23H26ClN5O2S/c1-14(2)28(3)7-4-5-20(31)29-8-6-18-19(12-29)32-23-21(18)22(25-13-26-23)27-16-9-15(24)10-17(30)11-16/h4-5,9-11,13-14,30H,6-8,12H2,1-3H3,(H,25,26,27). The number of nitrogens with zero attached hydrogens (tertiary/aromatic N) is 4. The lowest BCUT2D eigenvalue weighted by molar-refractivity contribution is -0.126. The van der Waals surface area contributed by atoms with Gasteiger partial charge in [0.05, 0.1) is 11.9 Å². The summed E-state index contributed by atoms with van der Waals surface area (Å²) in [5.41, 5.74) is 1.82. The highest BCUT2D eigenvalue weighted by Crippen LogP contribution is 2.38. The second kappa shape index (κ2) is 9.44. The Morgan fingerprint density at radius 2 is 2.19 bits per heavy atom. The average molecular weight is 472 g/mol. The highest BCUT2D eigenvalue weighted by Gasteiger charge is 2.25. The number of likely N-dealkylation sites (N-methyl/N-ethyl adjacent to an activating group) is 1. The molecule has 4 rings (SSSR count). The van der Waals surface area contributed by atoms with Crippen molar-refractivity contribution in [2.75, 3.05) is 25.5 Å². The van der Waals surface area contributed by atoms with Crippen LogP contribution in [0.3, 0.4) is 0 Å². The molecule has 0 aliphatic carbocycles. The number of rotatable bonds is 6. The smallest absolute Gasteiger partial charge is 0.246 e. The molecule has 2 aromatic heterocycles. The number of anilines is 2. The molecule has 0 atom stereocenters. The molecular weight excluding hydrogens is 446 g/mol. The lowest BCUT2D eigenvalue weighted by atomic mass is 10.0. The van der Waals surface area contributed by atoms with Gasteiger partial charge in [0.2, 0.25) is 5.91 Å². The van der Waals surface area contributed by atoms with Gasteiger partial charge in [-0.1, -0.05) is 17.7 Å². The van der Waals surface area contributed by atoms with Crippen molar-refractivity contribution in [3.05, 3.63) is 52.1 Å². The Morgan fingerprint density at radius 1 is 1.38 bits per heavy atom. The van der Waals surface area contributed by atoms with Gasteiger partial charge in [0.15, 0.2) is 0 Å². The van der Waals surface area contributed by atoms with Crippen LogP contribution in [0.4, 0.5) is 11.5 Å². The highest BCUT2D eigenvalue weighted by atomic mass is 35.5. The molecule has 9 heteroatoms. The molecule has 0 saturated carbocycles. The van der Waals surface area contributed by atoms with E-state index >= 15 is 0 Å². The Labute approximate surface area is 196 Å². The van der Waals surface area contributed by atoms with Gasteiger partial charge in [-0.25, -0.2) is 9.97 Å². The van der Waals surface area contributed by atoms with E-state index in [1.165, 1.54) is 18.0 Å². The summed E-state index contributed by atoms with van der Waals surface area (Å²) in [6.07, 6.45) is 5.86. The summed E-state index contributed by atoms with van der Waals surface area (Å²) in [6.45, 7) is 6.22. The number of hydrogen-bond acceptors (Lipinski definition) is 7. The zero-order valence-corrected chi connectivity index (χ0v) is 19.9. The summed E-state index contributed by atoms with van der Waals surface area (Å²) in [5, 5.41) is 14.5. The van der Waals surface area contributed by atoms with E-state index in [1.807, 2.05) is 18.0 Å². The number of amides is 1. The topological polar surface area (TPSA) is 81.6 Å². The maximum absolute atomic E-state index is 12.7. The van der Waals surface area contributed by atoms with Crippen molar-refractivity contribution in [1.82, 2.24) is 19.8 Å². The Bertz CT molecular complexity index is 1160. The highest BCUT2D eigenvalue weighted by molar-refractivity contribution is 7.19. The van der Waals surface area contributed by atoms with Gasteiger partial charge in [0.25, 0.3) is 0 Å².